The van der Waals surface area contributed by atoms with Crippen LogP contribution >= 0.6 is 15.9 Å². The van der Waals surface area contributed by atoms with Crippen molar-refractivity contribution in [1.82, 2.24) is 15.0 Å². The molecule has 0 amide bonds. The fourth-order valence-electron chi connectivity index (χ4n) is 2.03. The lowest BCUT2D eigenvalue weighted by atomic mass is 10.2. The first-order valence-electron chi connectivity index (χ1n) is 6.00. The highest BCUT2D eigenvalue weighted by Crippen LogP contribution is 2.42. The van der Waals surface area contributed by atoms with E-state index in [1.807, 2.05) is 24.3 Å². The number of ether oxygens (including phenoxy) is 1. The maximum Gasteiger partial charge on any atom is 0.360 e. The van der Waals surface area contributed by atoms with Crippen LogP contribution in [0.1, 0.15) is 34.9 Å². The van der Waals surface area contributed by atoms with E-state index < -0.39 is 5.97 Å². The third-order valence-electron chi connectivity index (χ3n) is 3.12. The smallest absolute Gasteiger partial charge is 0.360 e. The molecule has 1 aliphatic carbocycles. The fourth-order valence-corrected chi connectivity index (χ4v) is 2.29. The normalized spacial score (nSPS) is 14.4. The molecule has 0 radical (unpaired) electrons. The zero-order valence-electron chi connectivity index (χ0n) is 10.3. The zero-order valence-corrected chi connectivity index (χ0v) is 11.9. The van der Waals surface area contributed by atoms with E-state index in [2.05, 4.69) is 26.2 Å². The molecule has 6 heteroatoms. The number of aromatic nitrogens is 3. The highest BCUT2D eigenvalue weighted by atomic mass is 79.9. The van der Waals surface area contributed by atoms with Gasteiger partial charge in [0, 0.05) is 10.4 Å². The minimum atomic E-state index is -0.426. The molecule has 1 fully saturated rings. The summed E-state index contributed by atoms with van der Waals surface area (Å²) >= 11 is 3.40. The number of benzene rings is 1. The Morgan fingerprint density at radius 1 is 1.37 bits per heavy atom. The van der Waals surface area contributed by atoms with Gasteiger partial charge in [-0.15, -0.1) is 5.10 Å². The minimum absolute atomic E-state index is 0.327. The topological polar surface area (TPSA) is 57.0 Å². The van der Waals surface area contributed by atoms with Crippen LogP contribution in [-0.2, 0) is 4.74 Å². The first-order chi connectivity index (χ1) is 9.20. The van der Waals surface area contributed by atoms with E-state index in [0.717, 1.165) is 28.7 Å². The van der Waals surface area contributed by atoms with Crippen LogP contribution in [0.2, 0.25) is 0 Å². The molecule has 19 heavy (non-hydrogen) atoms. The second-order valence-corrected chi connectivity index (χ2v) is 5.39. The lowest BCUT2D eigenvalue weighted by Gasteiger charge is -2.06. The SMILES string of the molecule is COC(=O)c1nnn(-c2ccc(Br)cc2)c1C1CC1. The molecule has 0 aliphatic heterocycles. The largest absolute Gasteiger partial charge is 0.464 e. The van der Waals surface area contributed by atoms with Crippen molar-refractivity contribution in [2.45, 2.75) is 18.8 Å². The second kappa shape index (κ2) is 4.77. The van der Waals surface area contributed by atoms with Gasteiger partial charge in [-0.3, -0.25) is 0 Å². The molecule has 0 atom stereocenters. The highest BCUT2D eigenvalue weighted by Gasteiger charge is 2.34. The van der Waals surface area contributed by atoms with Gasteiger partial charge in [0.15, 0.2) is 5.69 Å². The number of carbonyl (C=O) groups excluding carboxylic acids is 1. The maximum atomic E-state index is 11.7. The van der Waals surface area contributed by atoms with Gasteiger partial charge >= 0.3 is 5.97 Å². The fraction of sp³-hybridized carbons (Fsp3) is 0.308. The number of methoxy groups -OCH3 is 1. The van der Waals surface area contributed by atoms with Gasteiger partial charge in [-0.25, -0.2) is 9.48 Å². The van der Waals surface area contributed by atoms with Crippen LogP contribution in [0, 0.1) is 0 Å². The van der Waals surface area contributed by atoms with Crippen LogP contribution in [0.4, 0.5) is 0 Å². The molecule has 0 unspecified atom stereocenters. The Morgan fingerprint density at radius 3 is 2.63 bits per heavy atom. The average Bonchev–Trinajstić information content (AvgIpc) is 3.18. The molecule has 2 aromatic rings. The summed E-state index contributed by atoms with van der Waals surface area (Å²) in [6.45, 7) is 0. The number of nitrogens with zero attached hydrogens (tertiary/aromatic N) is 3. The summed E-state index contributed by atoms with van der Waals surface area (Å²) in [5.74, 6) is -0.0713. The molecule has 0 N–H and O–H groups in total. The molecule has 1 aromatic heterocycles. The monoisotopic (exact) mass is 321 g/mol. The molecule has 3 rings (SSSR count). The lowest BCUT2D eigenvalue weighted by Crippen LogP contribution is -2.07. The predicted octanol–water partition coefficient (Wildman–Crippen LogP) is 2.69. The standard InChI is InChI=1S/C13H12BrN3O2/c1-19-13(18)11-12(8-2-3-8)17(16-15-11)10-6-4-9(14)5-7-10/h4-8H,2-3H2,1H3. The lowest BCUT2D eigenvalue weighted by molar-refractivity contribution is 0.0592. The van der Waals surface area contributed by atoms with Crippen LogP contribution in [0.3, 0.4) is 0 Å². The predicted molar refractivity (Wildman–Crippen MR) is 72.4 cm³/mol. The van der Waals surface area contributed by atoms with Crippen molar-refractivity contribution in [3.05, 3.63) is 40.1 Å². The van der Waals surface area contributed by atoms with Crippen molar-refractivity contribution in [3.63, 3.8) is 0 Å². The molecular formula is C13H12BrN3O2. The van der Waals surface area contributed by atoms with Gasteiger partial charge in [0.1, 0.15) is 0 Å². The van der Waals surface area contributed by atoms with Gasteiger partial charge in [0.25, 0.3) is 0 Å². The number of rotatable bonds is 3. The van der Waals surface area contributed by atoms with Crippen molar-refractivity contribution < 1.29 is 9.53 Å². The molecule has 1 saturated carbocycles. The summed E-state index contributed by atoms with van der Waals surface area (Å²) in [5, 5.41) is 8.07. The van der Waals surface area contributed by atoms with Crippen LogP contribution in [-0.4, -0.2) is 28.1 Å². The van der Waals surface area contributed by atoms with E-state index in [1.54, 1.807) is 4.68 Å². The van der Waals surface area contributed by atoms with Gasteiger partial charge < -0.3 is 4.74 Å². The van der Waals surface area contributed by atoms with Crippen molar-refractivity contribution in [2.75, 3.05) is 7.11 Å². The third kappa shape index (κ3) is 2.28. The Kier molecular flexibility index (Phi) is 3.10. The van der Waals surface area contributed by atoms with Gasteiger partial charge in [-0.05, 0) is 37.1 Å². The Hall–Kier alpha value is -1.69. The summed E-state index contributed by atoms with van der Waals surface area (Å²) in [7, 11) is 1.36. The van der Waals surface area contributed by atoms with Crippen molar-refractivity contribution in [1.29, 1.82) is 0 Å². The van der Waals surface area contributed by atoms with Crippen LogP contribution < -0.4 is 0 Å². The van der Waals surface area contributed by atoms with Crippen molar-refractivity contribution in [3.8, 4) is 5.69 Å². The Morgan fingerprint density at radius 2 is 2.05 bits per heavy atom. The number of hydrogen-bond donors (Lipinski definition) is 0. The average molecular weight is 322 g/mol. The molecule has 1 aromatic carbocycles. The number of halogens is 1. The van der Waals surface area contributed by atoms with E-state index in [-0.39, 0.29) is 0 Å². The summed E-state index contributed by atoms with van der Waals surface area (Å²) in [6.07, 6.45) is 2.13. The van der Waals surface area contributed by atoms with E-state index in [1.165, 1.54) is 7.11 Å². The highest BCUT2D eigenvalue weighted by molar-refractivity contribution is 9.10. The maximum absolute atomic E-state index is 11.7. The van der Waals surface area contributed by atoms with Crippen molar-refractivity contribution >= 4 is 21.9 Å². The Labute approximate surface area is 118 Å². The molecule has 0 bridgehead atoms. The van der Waals surface area contributed by atoms with E-state index in [0.29, 0.717) is 11.6 Å². The van der Waals surface area contributed by atoms with E-state index in [4.69, 9.17) is 4.74 Å². The molecular weight excluding hydrogens is 310 g/mol. The van der Waals surface area contributed by atoms with Crippen molar-refractivity contribution in [2.24, 2.45) is 0 Å². The molecule has 0 saturated heterocycles. The molecule has 1 aliphatic rings. The zero-order chi connectivity index (χ0) is 13.4. The van der Waals surface area contributed by atoms with E-state index in [9.17, 15) is 4.79 Å². The third-order valence-corrected chi connectivity index (χ3v) is 3.65. The Balaban J connectivity index is 2.08. The van der Waals surface area contributed by atoms with Gasteiger partial charge in [0.05, 0.1) is 18.5 Å². The van der Waals surface area contributed by atoms with Gasteiger partial charge in [-0.2, -0.15) is 0 Å². The summed E-state index contributed by atoms with van der Waals surface area (Å²) in [4.78, 5) is 11.7. The molecule has 5 nitrogen and oxygen atoms in total. The Bertz CT molecular complexity index is 617. The summed E-state index contributed by atoms with van der Waals surface area (Å²) < 4.78 is 7.49. The molecule has 1 heterocycles. The van der Waals surface area contributed by atoms with Gasteiger partial charge in [-0.1, -0.05) is 21.1 Å². The van der Waals surface area contributed by atoms with Crippen LogP contribution in [0.15, 0.2) is 28.7 Å². The van der Waals surface area contributed by atoms with Crippen LogP contribution in [0.25, 0.3) is 5.69 Å². The quantitative estimate of drug-likeness (QED) is 0.815. The number of esters is 1. The number of carbonyl (C=O) groups is 1. The second-order valence-electron chi connectivity index (χ2n) is 4.48. The minimum Gasteiger partial charge on any atom is -0.464 e. The van der Waals surface area contributed by atoms with E-state index >= 15 is 0 Å². The number of hydrogen-bond acceptors (Lipinski definition) is 4. The molecule has 0 spiro atoms. The summed E-state index contributed by atoms with van der Waals surface area (Å²) in [5.41, 5.74) is 2.08. The summed E-state index contributed by atoms with van der Waals surface area (Å²) in [6, 6.07) is 7.74. The first-order valence-corrected chi connectivity index (χ1v) is 6.80. The first kappa shape index (κ1) is 12.3. The molecule has 98 valence electrons. The van der Waals surface area contributed by atoms with Crippen LogP contribution in [0.5, 0.6) is 0 Å². The van der Waals surface area contributed by atoms with Gasteiger partial charge in [0.2, 0.25) is 0 Å².